The molecule has 0 bridgehead atoms. The quantitative estimate of drug-likeness (QED) is 0.897. The zero-order valence-electron chi connectivity index (χ0n) is 9.56. The Balaban J connectivity index is 2.16. The number of carboxylic acid groups (broad SMARTS) is 1. The van der Waals surface area contributed by atoms with Crippen LogP contribution in [-0.4, -0.2) is 33.5 Å². The molecule has 0 atom stereocenters. The number of carbonyl (C=O) groups is 2. The molecular formula is C12H9Cl2NO4. The van der Waals surface area contributed by atoms with E-state index in [2.05, 4.69) is 0 Å². The van der Waals surface area contributed by atoms with Gasteiger partial charge < -0.3 is 15.1 Å². The van der Waals surface area contributed by atoms with E-state index in [0.29, 0.717) is 15.6 Å². The largest absolute Gasteiger partial charge is 0.503 e. The summed E-state index contributed by atoms with van der Waals surface area (Å²) in [6.45, 7) is 0.0107. The van der Waals surface area contributed by atoms with E-state index < -0.39 is 17.6 Å². The average molecular weight is 302 g/mol. The van der Waals surface area contributed by atoms with Gasteiger partial charge in [-0.2, -0.15) is 0 Å². The zero-order chi connectivity index (χ0) is 14.2. The summed E-state index contributed by atoms with van der Waals surface area (Å²) in [6, 6.07) is 4.86. The summed E-state index contributed by atoms with van der Waals surface area (Å²) >= 11 is 11.6. The minimum atomic E-state index is -1.30. The number of hydrogen-bond acceptors (Lipinski definition) is 3. The van der Waals surface area contributed by atoms with Crippen LogP contribution in [0.1, 0.15) is 5.56 Å². The van der Waals surface area contributed by atoms with E-state index in [0.717, 1.165) is 0 Å². The Kier molecular flexibility index (Phi) is 3.68. The molecule has 0 aliphatic carbocycles. The monoisotopic (exact) mass is 301 g/mol. The highest BCUT2D eigenvalue weighted by Crippen LogP contribution is 2.25. The molecule has 1 amide bonds. The molecule has 1 aliphatic rings. The van der Waals surface area contributed by atoms with Crippen molar-refractivity contribution >= 4 is 35.1 Å². The van der Waals surface area contributed by atoms with Gasteiger partial charge in [-0.15, -0.1) is 0 Å². The first-order chi connectivity index (χ1) is 8.90. The van der Waals surface area contributed by atoms with Gasteiger partial charge in [0.05, 0.1) is 16.6 Å². The van der Waals surface area contributed by atoms with E-state index in [1.54, 1.807) is 18.2 Å². The maximum atomic E-state index is 11.7. The third-order valence-electron chi connectivity index (χ3n) is 2.74. The van der Waals surface area contributed by atoms with E-state index >= 15 is 0 Å². The lowest BCUT2D eigenvalue weighted by Gasteiger charge is -2.16. The topological polar surface area (TPSA) is 77.8 Å². The predicted octanol–water partition coefficient (Wildman–Crippen LogP) is 2.23. The Morgan fingerprint density at radius 2 is 2.00 bits per heavy atom. The second kappa shape index (κ2) is 5.11. The molecule has 1 heterocycles. The molecule has 19 heavy (non-hydrogen) atoms. The van der Waals surface area contributed by atoms with Crippen LogP contribution in [0.15, 0.2) is 29.5 Å². The van der Waals surface area contributed by atoms with Crippen molar-refractivity contribution < 1.29 is 19.8 Å². The van der Waals surface area contributed by atoms with E-state index in [4.69, 9.17) is 28.3 Å². The molecule has 0 radical (unpaired) electrons. The molecule has 100 valence electrons. The van der Waals surface area contributed by atoms with Crippen LogP contribution in [0.3, 0.4) is 0 Å². The maximum absolute atomic E-state index is 11.7. The van der Waals surface area contributed by atoms with Gasteiger partial charge in [0.2, 0.25) is 0 Å². The van der Waals surface area contributed by atoms with Crippen LogP contribution in [0.25, 0.3) is 0 Å². The van der Waals surface area contributed by atoms with Crippen LogP contribution in [0.5, 0.6) is 0 Å². The van der Waals surface area contributed by atoms with E-state index in [1.165, 1.54) is 4.90 Å². The molecule has 7 heteroatoms. The normalized spacial score (nSPS) is 15.3. The molecule has 0 aromatic heterocycles. The van der Waals surface area contributed by atoms with Crippen LogP contribution in [0.2, 0.25) is 10.0 Å². The van der Waals surface area contributed by atoms with Crippen molar-refractivity contribution in [1.29, 1.82) is 0 Å². The number of aliphatic carboxylic acids is 1. The summed E-state index contributed by atoms with van der Waals surface area (Å²) < 4.78 is 0. The smallest absolute Gasteiger partial charge is 0.337 e. The third kappa shape index (κ3) is 2.67. The fourth-order valence-corrected chi connectivity index (χ4v) is 2.09. The molecule has 1 aromatic rings. The van der Waals surface area contributed by atoms with Crippen molar-refractivity contribution in [2.45, 2.75) is 6.54 Å². The summed E-state index contributed by atoms with van der Waals surface area (Å²) in [7, 11) is 0. The van der Waals surface area contributed by atoms with Crippen molar-refractivity contribution in [2.24, 2.45) is 0 Å². The number of amides is 1. The van der Waals surface area contributed by atoms with Crippen LogP contribution >= 0.6 is 23.2 Å². The van der Waals surface area contributed by atoms with Crippen molar-refractivity contribution in [3.05, 3.63) is 45.1 Å². The summed E-state index contributed by atoms with van der Waals surface area (Å²) in [5.74, 6) is -2.72. The zero-order valence-corrected chi connectivity index (χ0v) is 11.1. The summed E-state index contributed by atoms with van der Waals surface area (Å²) in [5, 5.41) is 19.0. The Labute approximate surface area is 118 Å². The number of nitrogens with zero attached hydrogens (tertiary/aromatic N) is 1. The van der Waals surface area contributed by atoms with E-state index in [-0.39, 0.29) is 18.7 Å². The lowest BCUT2D eigenvalue weighted by atomic mass is 10.2. The van der Waals surface area contributed by atoms with Gasteiger partial charge in [-0.1, -0.05) is 29.3 Å². The molecule has 5 nitrogen and oxygen atoms in total. The summed E-state index contributed by atoms with van der Waals surface area (Å²) in [4.78, 5) is 23.7. The SMILES string of the molecule is O=C(O)C1=C(O)C(=O)N(Cc2ccc(Cl)c(Cl)c2)C1. The molecular weight excluding hydrogens is 293 g/mol. The van der Waals surface area contributed by atoms with Crippen LogP contribution in [0.4, 0.5) is 0 Å². The number of benzene rings is 1. The van der Waals surface area contributed by atoms with Gasteiger partial charge in [0.1, 0.15) is 5.57 Å². The minimum absolute atomic E-state index is 0.139. The lowest BCUT2D eigenvalue weighted by molar-refractivity contribution is -0.133. The average Bonchev–Trinajstić information content (AvgIpc) is 2.62. The maximum Gasteiger partial charge on any atom is 0.337 e. The van der Waals surface area contributed by atoms with Gasteiger partial charge in [0.25, 0.3) is 5.91 Å². The Morgan fingerprint density at radius 3 is 2.53 bits per heavy atom. The molecule has 0 saturated carbocycles. The number of aliphatic hydroxyl groups is 1. The van der Waals surface area contributed by atoms with E-state index in [1.807, 2.05) is 0 Å². The van der Waals surface area contributed by atoms with Gasteiger partial charge >= 0.3 is 5.97 Å². The van der Waals surface area contributed by atoms with Gasteiger partial charge in [-0.3, -0.25) is 4.79 Å². The Hall–Kier alpha value is -1.72. The van der Waals surface area contributed by atoms with Gasteiger partial charge in [-0.05, 0) is 17.7 Å². The molecule has 1 aliphatic heterocycles. The van der Waals surface area contributed by atoms with Gasteiger partial charge in [-0.25, -0.2) is 4.79 Å². The standard InChI is InChI=1S/C12H9Cl2NO4/c13-8-2-1-6(3-9(8)14)4-15-5-7(12(18)19)10(16)11(15)17/h1-3,16H,4-5H2,(H,18,19). The molecule has 2 N–H and O–H groups in total. The second-order valence-corrected chi connectivity index (χ2v) is 4.86. The minimum Gasteiger partial charge on any atom is -0.503 e. The lowest BCUT2D eigenvalue weighted by Crippen LogP contribution is -2.27. The number of carboxylic acids is 1. The number of carbonyl (C=O) groups excluding carboxylic acids is 1. The molecule has 0 saturated heterocycles. The number of rotatable bonds is 3. The Bertz CT molecular complexity index is 597. The number of aliphatic hydroxyl groups excluding tert-OH is 1. The molecule has 0 unspecified atom stereocenters. The van der Waals surface area contributed by atoms with E-state index in [9.17, 15) is 14.7 Å². The highest BCUT2D eigenvalue weighted by molar-refractivity contribution is 6.42. The fourth-order valence-electron chi connectivity index (χ4n) is 1.77. The van der Waals surface area contributed by atoms with Crippen LogP contribution in [-0.2, 0) is 16.1 Å². The molecule has 0 fully saturated rings. The Morgan fingerprint density at radius 1 is 1.32 bits per heavy atom. The second-order valence-electron chi connectivity index (χ2n) is 4.04. The molecule has 2 rings (SSSR count). The molecule has 1 aromatic carbocycles. The van der Waals surface area contributed by atoms with Gasteiger partial charge in [0.15, 0.2) is 5.76 Å². The first kappa shape index (κ1) is 13.7. The highest BCUT2D eigenvalue weighted by atomic mass is 35.5. The summed E-state index contributed by atoms with van der Waals surface area (Å²) in [6.07, 6.45) is 0. The first-order valence-electron chi connectivity index (χ1n) is 5.28. The van der Waals surface area contributed by atoms with Crippen molar-refractivity contribution in [3.8, 4) is 0 Å². The third-order valence-corrected chi connectivity index (χ3v) is 3.48. The van der Waals surface area contributed by atoms with Crippen molar-refractivity contribution in [2.75, 3.05) is 6.54 Å². The predicted molar refractivity (Wildman–Crippen MR) is 69.2 cm³/mol. The summed E-state index contributed by atoms with van der Waals surface area (Å²) in [5.41, 5.74) is 0.396. The highest BCUT2D eigenvalue weighted by Gasteiger charge is 2.33. The van der Waals surface area contributed by atoms with Crippen LogP contribution < -0.4 is 0 Å². The van der Waals surface area contributed by atoms with Gasteiger partial charge in [0, 0.05) is 6.54 Å². The first-order valence-corrected chi connectivity index (χ1v) is 6.04. The van der Waals surface area contributed by atoms with Crippen LogP contribution in [0, 0.1) is 0 Å². The van der Waals surface area contributed by atoms with Crippen molar-refractivity contribution in [1.82, 2.24) is 4.90 Å². The molecule has 0 spiro atoms. The fraction of sp³-hybridized carbons (Fsp3) is 0.167. The number of halogens is 2. The number of hydrogen-bond donors (Lipinski definition) is 2. The van der Waals surface area contributed by atoms with Crippen molar-refractivity contribution in [3.63, 3.8) is 0 Å².